The molecule has 7 heteroatoms. The number of anilines is 1. The van der Waals surface area contributed by atoms with Gasteiger partial charge in [0.25, 0.3) is 0 Å². The SMILES string of the molecule is Cc1ccc2c(c1)OC[C@H](N1C[C@@H]3COC[C@H]3C1)[C@H]2Nc1ncnc2[nH]c(C3CC3)cc12. The van der Waals surface area contributed by atoms with Gasteiger partial charge in [0.05, 0.1) is 30.7 Å². The van der Waals surface area contributed by atoms with Crippen LogP contribution in [0.5, 0.6) is 5.75 Å². The van der Waals surface area contributed by atoms with E-state index >= 15 is 0 Å². The van der Waals surface area contributed by atoms with Gasteiger partial charge in [-0.1, -0.05) is 12.1 Å². The highest BCUT2D eigenvalue weighted by Crippen LogP contribution is 2.43. The van der Waals surface area contributed by atoms with Crippen LogP contribution in [0.2, 0.25) is 0 Å². The molecule has 0 unspecified atom stereocenters. The van der Waals surface area contributed by atoms with E-state index in [0.29, 0.717) is 24.4 Å². The van der Waals surface area contributed by atoms with Crippen molar-refractivity contribution in [1.29, 1.82) is 0 Å². The molecule has 0 radical (unpaired) electrons. The Morgan fingerprint density at radius 2 is 1.91 bits per heavy atom. The van der Waals surface area contributed by atoms with Crippen LogP contribution < -0.4 is 10.1 Å². The quantitative estimate of drug-likeness (QED) is 0.657. The average molecular weight is 432 g/mol. The third-order valence-corrected chi connectivity index (χ3v) is 7.79. The van der Waals surface area contributed by atoms with E-state index in [0.717, 1.165) is 48.9 Å². The molecule has 32 heavy (non-hydrogen) atoms. The van der Waals surface area contributed by atoms with Crippen LogP contribution in [-0.4, -0.2) is 58.8 Å². The number of hydrogen-bond donors (Lipinski definition) is 2. The molecular formula is C25H29N5O2. The molecule has 5 heterocycles. The summed E-state index contributed by atoms with van der Waals surface area (Å²) in [5.41, 5.74) is 4.64. The molecule has 3 aromatic rings. The van der Waals surface area contributed by atoms with Crippen LogP contribution in [0.1, 0.15) is 41.6 Å². The lowest BCUT2D eigenvalue weighted by Gasteiger charge is -2.40. The van der Waals surface area contributed by atoms with Crippen molar-refractivity contribution in [1.82, 2.24) is 19.9 Å². The molecule has 2 saturated heterocycles. The van der Waals surface area contributed by atoms with E-state index in [1.54, 1.807) is 6.33 Å². The number of fused-ring (bicyclic) bond motifs is 3. The number of ether oxygens (including phenoxy) is 2. The van der Waals surface area contributed by atoms with Gasteiger partial charge in [0.2, 0.25) is 0 Å². The Morgan fingerprint density at radius 1 is 1.06 bits per heavy atom. The Balaban J connectivity index is 1.26. The third-order valence-electron chi connectivity index (χ3n) is 7.79. The summed E-state index contributed by atoms with van der Waals surface area (Å²) in [5.74, 6) is 3.84. The highest BCUT2D eigenvalue weighted by molar-refractivity contribution is 5.88. The molecule has 166 valence electrons. The van der Waals surface area contributed by atoms with Crippen LogP contribution in [0.15, 0.2) is 30.6 Å². The largest absolute Gasteiger partial charge is 0.491 e. The molecule has 0 spiro atoms. The maximum atomic E-state index is 6.30. The van der Waals surface area contributed by atoms with Gasteiger partial charge in [-0.15, -0.1) is 0 Å². The molecular weight excluding hydrogens is 402 g/mol. The molecule has 3 aliphatic heterocycles. The van der Waals surface area contributed by atoms with Crippen LogP contribution in [-0.2, 0) is 4.74 Å². The van der Waals surface area contributed by atoms with Crippen LogP contribution >= 0.6 is 0 Å². The van der Waals surface area contributed by atoms with Crippen LogP contribution in [0, 0.1) is 18.8 Å². The Kier molecular flexibility index (Phi) is 4.24. The fraction of sp³-hybridized carbons (Fsp3) is 0.520. The first kappa shape index (κ1) is 18.9. The fourth-order valence-corrected chi connectivity index (χ4v) is 5.82. The zero-order valence-corrected chi connectivity index (χ0v) is 18.4. The molecule has 2 N–H and O–H groups in total. The van der Waals surface area contributed by atoms with Gasteiger partial charge in [-0.3, -0.25) is 4.90 Å². The summed E-state index contributed by atoms with van der Waals surface area (Å²) in [6, 6.07) is 9.17. The Labute approximate surface area is 187 Å². The zero-order chi connectivity index (χ0) is 21.2. The summed E-state index contributed by atoms with van der Waals surface area (Å²) in [7, 11) is 0. The van der Waals surface area contributed by atoms with E-state index in [-0.39, 0.29) is 12.1 Å². The zero-order valence-electron chi connectivity index (χ0n) is 18.4. The van der Waals surface area contributed by atoms with Crippen molar-refractivity contribution in [3.05, 3.63) is 47.4 Å². The minimum atomic E-state index is 0.108. The molecule has 7 nitrogen and oxygen atoms in total. The molecule has 4 atom stereocenters. The van der Waals surface area contributed by atoms with Gasteiger partial charge in [0.1, 0.15) is 30.1 Å². The number of aromatic nitrogens is 3. The van der Waals surface area contributed by atoms with Crippen molar-refractivity contribution in [3.63, 3.8) is 0 Å². The standard InChI is InChI=1S/C25H29N5O2/c1-14-2-5-18-22(6-14)32-12-21(30-8-16-10-31-11-17(16)9-30)23(18)29-25-19-7-20(15-3-4-15)28-24(19)26-13-27-25/h2,5-7,13,15-17,21,23H,3-4,8-12H2,1H3,(H2,26,27,28,29)/t16-,17-,21+,23+/m1/s1. The highest BCUT2D eigenvalue weighted by atomic mass is 16.5. The first-order valence-corrected chi connectivity index (χ1v) is 11.9. The van der Waals surface area contributed by atoms with Gasteiger partial charge in [-0.25, -0.2) is 9.97 Å². The van der Waals surface area contributed by atoms with Crippen molar-refractivity contribution in [2.45, 2.75) is 37.8 Å². The summed E-state index contributed by atoms with van der Waals surface area (Å²) >= 11 is 0. The molecule has 1 saturated carbocycles. The van der Waals surface area contributed by atoms with E-state index in [1.807, 2.05) is 0 Å². The molecule has 0 bridgehead atoms. The van der Waals surface area contributed by atoms with E-state index in [9.17, 15) is 0 Å². The minimum absolute atomic E-state index is 0.108. The number of H-pyrrole nitrogens is 1. The molecule has 1 aliphatic carbocycles. The van der Waals surface area contributed by atoms with Crippen LogP contribution in [0.4, 0.5) is 5.82 Å². The molecule has 3 fully saturated rings. The monoisotopic (exact) mass is 431 g/mol. The molecule has 7 rings (SSSR count). The number of nitrogens with zero attached hydrogens (tertiary/aromatic N) is 3. The van der Waals surface area contributed by atoms with Crippen molar-refractivity contribution >= 4 is 16.9 Å². The van der Waals surface area contributed by atoms with Gasteiger partial charge in [-0.05, 0) is 43.4 Å². The van der Waals surface area contributed by atoms with Crippen LogP contribution in [0.3, 0.4) is 0 Å². The maximum absolute atomic E-state index is 6.30. The van der Waals surface area contributed by atoms with Gasteiger partial charge in [-0.2, -0.15) is 0 Å². The van der Waals surface area contributed by atoms with Crippen LogP contribution in [0.25, 0.3) is 11.0 Å². The average Bonchev–Trinajstić information content (AvgIpc) is 3.20. The Morgan fingerprint density at radius 3 is 2.72 bits per heavy atom. The van der Waals surface area contributed by atoms with Crippen molar-refractivity contribution in [3.8, 4) is 5.75 Å². The lowest BCUT2D eigenvalue weighted by molar-refractivity contribution is 0.0952. The lowest BCUT2D eigenvalue weighted by Crippen LogP contribution is -2.48. The first-order valence-electron chi connectivity index (χ1n) is 11.9. The molecule has 2 aromatic heterocycles. The number of rotatable bonds is 4. The molecule has 4 aliphatic rings. The third kappa shape index (κ3) is 3.10. The Hall–Kier alpha value is -2.64. The number of benzene rings is 1. The summed E-state index contributed by atoms with van der Waals surface area (Å²) in [5, 5.41) is 4.92. The number of aryl methyl sites for hydroxylation is 1. The van der Waals surface area contributed by atoms with E-state index in [2.05, 4.69) is 56.4 Å². The molecule has 1 aromatic carbocycles. The van der Waals surface area contributed by atoms with Crippen molar-refractivity contribution in [2.75, 3.05) is 38.2 Å². The second kappa shape index (κ2) is 7.18. The van der Waals surface area contributed by atoms with Gasteiger partial charge in [0.15, 0.2) is 0 Å². The summed E-state index contributed by atoms with van der Waals surface area (Å²) in [6.07, 6.45) is 4.19. The summed E-state index contributed by atoms with van der Waals surface area (Å²) in [4.78, 5) is 15.3. The molecule has 0 amide bonds. The maximum Gasteiger partial charge on any atom is 0.143 e. The van der Waals surface area contributed by atoms with E-state index in [4.69, 9.17) is 9.47 Å². The second-order valence-electron chi connectivity index (χ2n) is 10.0. The van der Waals surface area contributed by atoms with Crippen molar-refractivity contribution < 1.29 is 9.47 Å². The fourth-order valence-electron chi connectivity index (χ4n) is 5.82. The predicted octanol–water partition coefficient (Wildman–Crippen LogP) is 3.64. The van der Waals surface area contributed by atoms with Gasteiger partial charge >= 0.3 is 0 Å². The number of aromatic amines is 1. The van der Waals surface area contributed by atoms with E-state index in [1.165, 1.54) is 29.7 Å². The topological polar surface area (TPSA) is 75.3 Å². The number of hydrogen-bond acceptors (Lipinski definition) is 6. The highest BCUT2D eigenvalue weighted by Gasteiger charge is 2.44. The normalized spacial score (nSPS) is 29.7. The first-order chi connectivity index (χ1) is 15.7. The van der Waals surface area contributed by atoms with Gasteiger partial charge in [0, 0.05) is 36.2 Å². The smallest absolute Gasteiger partial charge is 0.143 e. The summed E-state index contributed by atoms with van der Waals surface area (Å²) < 4.78 is 12.0. The number of nitrogens with one attached hydrogen (secondary N) is 2. The number of likely N-dealkylation sites (tertiary alicyclic amines) is 1. The second-order valence-corrected chi connectivity index (χ2v) is 10.0. The Bertz CT molecular complexity index is 1160. The predicted molar refractivity (Wildman–Crippen MR) is 122 cm³/mol. The minimum Gasteiger partial charge on any atom is -0.491 e. The summed E-state index contributed by atoms with van der Waals surface area (Å²) in [6.45, 7) is 6.74. The van der Waals surface area contributed by atoms with E-state index < -0.39 is 0 Å². The lowest BCUT2D eigenvalue weighted by atomic mass is 9.94. The van der Waals surface area contributed by atoms with Gasteiger partial charge < -0.3 is 19.8 Å². The van der Waals surface area contributed by atoms with Crippen molar-refractivity contribution in [2.24, 2.45) is 11.8 Å².